The van der Waals surface area contributed by atoms with E-state index in [-0.39, 0.29) is 23.0 Å². The smallest absolute Gasteiger partial charge is 0.232 e. The van der Waals surface area contributed by atoms with Crippen LogP contribution in [0.25, 0.3) is 11.1 Å². The number of likely N-dealkylation sites (tertiary alicyclic amines) is 1. The second-order valence-electron chi connectivity index (χ2n) is 7.42. The van der Waals surface area contributed by atoms with Crippen LogP contribution in [0, 0.1) is 19.8 Å². The first-order chi connectivity index (χ1) is 12.8. The molecule has 2 aromatic rings. The Hall–Kier alpha value is -1.85. The molecule has 140 valence electrons. The molecule has 4 rings (SSSR count). The molecular formula is C21H21ClN2O2S. The van der Waals surface area contributed by atoms with Crippen molar-refractivity contribution < 1.29 is 9.59 Å². The molecule has 0 bridgehead atoms. The molecule has 6 heteroatoms. The van der Waals surface area contributed by atoms with Gasteiger partial charge in [0.15, 0.2) is 0 Å². The third-order valence-electron chi connectivity index (χ3n) is 5.46. The predicted octanol–water partition coefficient (Wildman–Crippen LogP) is 4.43. The highest BCUT2D eigenvalue weighted by molar-refractivity contribution is 8.00. The SMILES string of the molecule is Cc1cc(Cl)cc(-c2ccnc3c2SC(CN2C(=O)CC(C)C2=O)C3)c1C. The van der Waals surface area contributed by atoms with E-state index in [0.29, 0.717) is 13.0 Å². The Morgan fingerprint density at radius 1 is 1.22 bits per heavy atom. The molecule has 2 aliphatic heterocycles. The number of benzene rings is 1. The van der Waals surface area contributed by atoms with Crippen LogP contribution in [0.1, 0.15) is 30.2 Å². The zero-order chi connectivity index (χ0) is 19.3. The molecule has 1 fully saturated rings. The number of carbonyl (C=O) groups excluding carboxylic acids is 2. The summed E-state index contributed by atoms with van der Waals surface area (Å²) in [7, 11) is 0. The largest absolute Gasteiger partial charge is 0.281 e. The van der Waals surface area contributed by atoms with Crippen molar-refractivity contribution in [2.24, 2.45) is 5.92 Å². The second-order valence-corrected chi connectivity index (χ2v) is 9.17. The molecular weight excluding hydrogens is 380 g/mol. The Balaban J connectivity index is 1.64. The van der Waals surface area contributed by atoms with Crippen LogP contribution < -0.4 is 0 Å². The molecule has 1 aromatic carbocycles. The lowest BCUT2D eigenvalue weighted by molar-refractivity contribution is -0.139. The van der Waals surface area contributed by atoms with Gasteiger partial charge in [-0.3, -0.25) is 19.5 Å². The van der Waals surface area contributed by atoms with Crippen molar-refractivity contribution in [3.63, 3.8) is 0 Å². The highest BCUT2D eigenvalue weighted by Gasteiger charge is 2.38. The van der Waals surface area contributed by atoms with Crippen LogP contribution in [0.15, 0.2) is 29.3 Å². The molecule has 0 radical (unpaired) electrons. The first-order valence-corrected chi connectivity index (χ1v) is 10.4. The summed E-state index contributed by atoms with van der Waals surface area (Å²) in [4.78, 5) is 31.5. The van der Waals surface area contributed by atoms with E-state index in [0.717, 1.165) is 38.7 Å². The Kier molecular flexibility index (Phi) is 4.77. The van der Waals surface area contributed by atoms with E-state index in [1.54, 1.807) is 11.8 Å². The number of nitrogens with zero attached hydrogens (tertiary/aromatic N) is 2. The number of hydrogen-bond acceptors (Lipinski definition) is 4. The predicted molar refractivity (Wildman–Crippen MR) is 108 cm³/mol. The molecule has 2 unspecified atom stereocenters. The van der Waals surface area contributed by atoms with Crippen molar-refractivity contribution in [3.8, 4) is 11.1 Å². The van der Waals surface area contributed by atoms with Crippen molar-refractivity contribution in [2.75, 3.05) is 6.54 Å². The summed E-state index contributed by atoms with van der Waals surface area (Å²) in [5, 5.41) is 0.868. The highest BCUT2D eigenvalue weighted by atomic mass is 35.5. The van der Waals surface area contributed by atoms with Crippen LogP contribution in [-0.2, 0) is 16.0 Å². The van der Waals surface area contributed by atoms with E-state index in [4.69, 9.17) is 11.6 Å². The minimum absolute atomic E-state index is 0.0500. The Morgan fingerprint density at radius 3 is 2.70 bits per heavy atom. The fraction of sp³-hybridized carbons (Fsp3) is 0.381. The van der Waals surface area contributed by atoms with E-state index in [9.17, 15) is 9.59 Å². The second kappa shape index (κ2) is 6.95. The third kappa shape index (κ3) is 3.27. The number of halogens is 1. The van der Waals surface area contributed by atoms with Gasteiger partial charge in [0, 0.05) is 46.7 Å². The van der Waals surface area contributed by atoms with Crippen molar-refractivity contribution >= 4 is 35.2 Å². The molecule has 3 heterocycles. The number of fused-ring (bicyclic) bond motifs is 1. The summed E-state index contributed by atoms with van der Waals surface area (Å²) in [6.07, 6.45) is 2.92. The standard InChI is InChI=1S/C21H21ClN2O2S/c1-11-6-14(22)8-17(13(11)3)16-4-5-23-18-9-15(27-20(16)18)10-24-19(25)7-12(2)21(24)26/h4-6,8,12,15H,7,9-10H2,1-3H3. The number of pyridine rings is 1. The molecule has 2 aliphatic rings. The Bertz CT molecular complexity index is 959. The van der Waals surface area contributed by atoms with Crippen LogP contribution in [0.4, 0.5) is 0 Å². The number of imide groups is 1. The normalized spacial score (nSPS) is 21.9. The first-order valence-electron chi connectivity index (χ1n) is 9.11. The lowest BCUT2D eigenvalue weighted by Gasteiger charge is -2.18. The molecule has 0 N–H and O–H groups in total. The maximum atomic E-state index is 12.2. The van der Waals surface area contributed by atoms with Gasteiger partial charge in [-0.2, -0.15) is 0 Å². The van der Waals surface area contributed by atoms with Gasteiger partial charge in [-0.15, -0.1) is 11.8 Å². The van der Waals surface area contributed by atoms with E-state index >= 15 is 0 Å². The van der Waals surface area contributed by atoms with E-state index in [1.807, 2.05) is 31.3 Å². The number of hydrogen-bond donors (Lipinski definition) is 0. The third-order valence-corrected chi connectivity index (χ3v) is 7.02. The molecule has 0 saturated carbocycles. The highest BCUT2D eigenvalue weighted by Crippen LogP contribution is 2.44. The summed E-state index contributed by atoms with van der Waals surface area (Å²) in [5.41, 5.74) is 5.64. The first kappa shape index (κ1) is 18.5. The maximum absolute atomic E-state index is 12.2. The number of carbonyl (C=O) groups is 2. The zero-order valence-electron chi connectivity index (χ0n) is 15.6. The van der Waals surface area contributed by atoms with Gasteiger partial charge in [0.2, 0.25) is 11.8 Å². The molecule has 0 spiro atoms. The van der Waals surface area contributed by atoms with Crippen LogP contribution >= 0.6 is 23.4 Å². The lowest BCUT2D eigenvalue weighted by atomic mass is 9.97. The van der Waals surface area contributed by atoms with Gasteiger partial charge in [-0.25, -0.2) is 0 Å². The lowest BCUT2D eigenvalue weighted by Crippen LogP contribution is -2.36. The summed E-state index contributed by atoms with van der Waals surface area (Å²) in [6, 6.07) is 6.01. The van der Waals surface area contributed by atoms with Gasteiger partial charge in [0.25, 0.3) is 0 Å². The minimum atomic E-state index is -0.197. The van der Waals surface area contributed by atoms with Crippen LogP contribution in [0.2, 0.25) is 5.02 Å². The quantitative estimate of drug-likeness (QED) is 0.715. The minimum Gasteiger partial charge on any atom is -0.281 e. The number of amides is 2. The zero-order valence-corrected chi connectivity index (χ0v) is 17.2. The molecule has 27 heavy (non-hydrogen) atoms. The van der Waals surface area contributed by atoms with Crippen molar-refractivity contribution in [1.82, 2.24) is 9.88 Å². The summed E-state index contributed by atoms with van der Waals surface area (Å²) >= 11 is 8.03. The van der Waals surface area contributed by atoms with Gasteiger partial charge >= 0.3 is 0 Å². The number of aryl methyl sites for hydroxylation is 1. The average molecular weight is 401 g/mol. The molecule has 2 atom stereocenters. The van der Waals surface area contributed by atoms with Gasteiger partial charge in [0.1, 0.15) is 0 Å². The molecule has 4 nitrogen and oxygen atoms in total. The number of rotatable bonds is 3. The Labute approximate surface area is 168 Å². The Morgan fingerprint density at radius 2 is 2.00 bits per heavy atom. The van der Waals surface area contributed by atoms with Crippen molar-refractivity contribution in [3.05, 3.63) is 46.2 Å². The van der Waals surface area contributed by atoms with E-state index < -0.39 is 0 Å². The molecule has 0 aliphatic carbocycles. The van der Waals surface area contributed by atoms with Gasteiger partial charge < -0.3 is 0 Å². The van der Waals surface area contributed by atoms with Crippen molar-refractivity contribution in [1.29, 1.82) is 0 Å². The number of aromatic nitrogens is 1. The molecule has 1 saturated heterocycles. The summed E-state index contributed by atoms with van der Waals surface area (Å²) < 4.78 is 0. The van der Waals surface area contributed by atoms with Crippen LogP contribution in [-0.4, -0.2) is 33.5 Å². The van der Waals surface area contributed by atoms with Gasteiger partial charge in [-0.05, 0) is 54.3 Å². The fourth-order valence-electron chi connectivity index (χ4n) is 3.85. The average Bonchev–Trinajstić information content (AvgIpc) is 3.14. The van der Waals surface area contributed by atoms with Crippen molar-refractivity contribution in [2.45, 2.75) is 43.8 Å². The van der Waals surface area contributed by atoms with Gasteiger partial charge in [-0.1, -0.05) is 18.5 Å². The van der Waals surface area contributed by atoms with Crippen LogP contribution in [0.5, 0.6) is 0 Å². The molecule has 1 aromatic heterocycles. The summed E-state index contributed by atoms with van der Waals surface area (Å²) in [5.74, 6) is -0.304. The van der Waals surface area contributed by atoms with Gasteiger partial charge in [0.05, 0.1) is 5.69 Å². The maximum Gasteiger partial charge on any atom is 0.232 e. The van der Waals surface area contributed by atoms with Crippen LogP contribution in [0.3, 0.4) is 0 Å². The fourth-order valence-corrected chi connectivity index (χ4v) is 5.49. The molecule has 2 amide bonds. The summed E-state index contributed by atoms with van der Waals surface area (Å²) in [6.45, 7) is 6.44. The monoisotopic (exact) mass is 400 g/mol. The van der Waals surface area contributed by atoms with E-state index in [2.05, 4.69) is 18.8 Å². The van der Waals surface area contributed by atoms with E-state index in [1.165, 1.54) is 10.5 Å². The topological polar surface area (TPSA) is 50.3 Å². The number of thioether (sulfide) groups is 1.